The first kappa shape index (κ1) is 15.0. The fourth-order valence-corrected chi connectivity index (χ4v) is 2.46. The second-order valence-electron chi connectivity index (χ2n) is 5.30. The van der Waals surface area contributed by atoms with E-state index in [1.54, 1.807) is 7.05 Å². The molecule has 1 unspecified atom stereocenters. The number of nitrogens with zero attached hydrogens (tertiary/aromatic N) is 1. The van der Waals surface area contributed by atoms with E-state index >= 15 is 0 Å². The maximum atomic E-state index is 12.3. The van der Waals surface area contributed by atoms with Crippen LogP contribution in [0.5, 0.6) is 0 Å². The van der Waals surface area contributed by atoms with Crippen molar-refractivity contribution in [3.63, 3.8) is 0 Å². The number of rotatable bonds is 4. The van der Waals surface area contributed by atoms with Gasteiger partial charge in [0, 0.05) is 32.6 Å². The molecule has 0 aromatic heterocycles. The van der Waals surface area contributed by atoms with Crippen molar-refractivity contribution in [2.45, 2.75) is 26.7 Å². The van der Waals surface area contributed by atoms with Crippen molar-refractivity contribution in [3.05, 3.63) is 0 Å². The van der Waals surface area contributed by atoms with Crippen LogP contribution in [0.15, 0.2) is 0 Å². The maximum absolute atomic E-state index is 12.3. The Morgan fingerprint density at radius 1 is 1.33 bits per heavy atom. The lowest BCUT2D eigenvalue weighted by Gasteiger charge is -2.34. The lowest BCUT2D eigenvalue weighted by molar-refractivity contribution is -0.140. The quantitative estimate of drug-likeness (QED) is 0.753. The molecule has 0 spiro atoms. The average Bonchev–Trinajstić information content (AvgIpc) is 2.38. The van der Waals surface area contributed by atoms with Gasteiger partial charge in [-0.3, -0.25) is 9.59 Å². The summed E-state index contributed by atoms with van der Waals surface area (Å²) in [5, 5.41) is 2.67. The van der Waals surface area contributed by atoms with Gasteiger partial charge in [-0.15, -0.1) is 0 Å². The molecule has 1 fully saturated rings. The molecule has 1 saturated heterocycles. The van der Waals surface area contributed by atoms with E-state index in [1.165, 1.54) is 0 Å². The third-order valence-electron chi connectivity index (χ3n) is 3.80. The molecule has 5 nitrogen and oxygen atoms in total. The van der Waals surface area contributed by atoms with Gasteiger partial charge >= 0.3 is 0 Å². The summed E-state index contributed by atoms with van der Waals surface area (Å²) in [4.78, 5) is 25.6. The van der Waals surface area contributed by atoms with Gasteiger partial charge in [-0.2, -0.15) is 0 Å². The Morgan fingerprint density at radius 2 is 1.89 bits per heavy atom. The van der Waals surface area contributed by atoms with E-state index in [0.29, 0.717) is 19.6 Å². The second-order valence-corrected chi connectivity index (χ2v) is 5.30. The number of hydrogen-bond donors (Lipinski definition) is 2. The summed E-state index contributed by atoms with van der Waals surface area (Å²) in [6.07, 6.45) is 1.50. The normalized spacial score (nSPS) is 18.8. The van der Waals surface area contributed by atoms with Crippen LogP contribution in [0.25, 0.3) is 0 Å². The van der Waals surface area contributed by atoms with Gasteiger partial charge in [0.05, 0.1) is 5.92 Å². The van der Waals surface area contributed by atoms with Gasteiger partial charge in [-0.05, 0) is 18.8 Å². The number of nitrogens with two attached hydrogens (primary N) is 1. The SMILES string of the molecule is CNC(=O)C1CCN(C(=O)C(CN)C(C)C)CC1. The topological polar surface area (TPSA) is 75.4 Å². The molecule has 18 heavy (non-hydrogen) atoms. The highest BCUT2D eigenvalue weighted by atomic mass is 16.2. The van der Waals surface area contributed by atoms with Gasteiger partial charge in [-0.1, -0.05) is 13.8 Å². The molecule has 1 aliphatic rings. The molecular formula is C13H25N3O2. The summed E-state index contributed by atoms with van der Waals surface area (Å²) in [6, 6.07) is 0. The largest absolute Gasteiger partial charge is 0.359 e. The van der Waals surface area contributed by atoms with Crippen molar-refractivity contribution >= 4 is 11.8 Å². The molecule has 1 rings (SSSR count). The van der Waals surface area contributed by atoms with Crippen LogP contribution in [0.3, 0.4) is 0 Å². The Hall–Kier alpha value is -1.10. The Labute approximate surface area is 109 Å². The number of carbonyl (C=O) groups is 2. The fraction of sp³-hybridized carbons (Fsp3) is 0.846. The summed E-state index contributed by atoms with van der Waals surface area (Å²) < 4.78 is 0. The molecule has 0 bridgehead atoms. The van der Waals surface area contributed by atoms with Gasteiger partial charge in [0.2, 0.25) is 11.8 Å². The number of carbonyl (C=O) groups excluding carboxylic acids is 2. The smallest absolute Gasteiger partial charge is 0.227 e. The molecular weight excluding hydrogens is 230 g/mol. The van der Waals surface area contributed by atoms with Gasteiger partial charge in [0.25, 0.3) is 0 Å². The number of nitrogens with one attached hydrogen (secondary N) is 1. The van der Waals surface area contributed by atoms with Crippen molar-refractivity contribution < 1.29 is 9.59 Å². The zero-order valence-corrected chi connectivity index (χ0v) is 11.6. The number of likely N-dealkylation sites (tertiary alicyclic amines) is 1. The zero-order valence-electron chi connectivity index (χ0n) is 11.6. The molecule has 0 aliphatic carbocycles. The molecule has 0 aromatic rings. The molecule has 5 heteroatoms. The van der Waals surface area contributed by atoms with E-state index < -0.39 is 0 Å². The summed E-state index contributed by atoms with van der Waals surface area (Å²) in [6.45, 7) is 5.77. The first-order valence-corrected chi connectivity index (χ1v) is 6.71. The lowest BCUT2D eigenvalue weighted by Crippen LogP contribution is -2.47. The molecule has 0 radical (unpaired) electrons. The molecule has 1 aliphatic heterocycles. The molecule has 0 saturated carbocycles. The van der Waals surface area contributed by atoms with Crippen LogP contribution < -0.4 is 11.1 Å². The minimum absolute atomic E-state index is 0.0504. The number of amides is 2. The van der Waals surface area contributed by atoms with Crippen LogP contribution >= 0.6 is 0 Å². The number of hydrogen-bond acceptors (Lipinski definition) is 3. The van der Waals surface area contributed by atoms with Crippen molar-refractivity contribution in [2.75, 3.05) is 26.7 Å². The van der Waals surface area contributed by atoms with Gasteiger partial charge in [0.1, 0.15) is 0 Å². The Morgan fingerprint density at radius 3 is 2.28 bits per heavy atom. The lowest BCUT2D eigenvalue weighted by atomic mass is 9.91. The summed E-state index contributed by atoms with van der Waals surface area (Å²) >= 11 is 0. The Kier molecular flexibility index (Phi) is 5.59. The van der Waals surface area contributed by atoms with E-state index in [2.05, 4.69) is 5.32 Å². The third-order valence-corrected chi connectivity index (χ3v) is 3.80. The van der Waals surface area contributed by atoms with Crippen LogP contribution in [0.4, 0.5) is 0 Å². The van der Waals surface area contributed by atoms with Gasteiger partial charge in [-0.25, -0.2) is 0 Å². The van der Waals surface area contributed by atoms with Gasteiger partial charge in [0.15, 0.2) is 0 Å². The Bertz CT molecular complexity index is 297. The van der Waals surface area contributed by atoms with E-state index in [4.69, 9.17) is 5.73 Å². The van der Waals surface area contributed by atoms with Gasteiger partial charge < -0.3 is 16.0 Å². The predicted octanol–water partition coefficient (Wildman–Crippen LogP) is 0.202. The molecule has 104 valence electrons. The minimum atomic E-state index is -0.0958. The minimum Gasteiger partial charge on any atom is -0.359 e. The van der Waals surface area contributed by atoms with Crippen molar-refractivity contribution in [1.29, 1.82) is 0 Å². The van der Waals surface area contributed by atoms with E-state index in [1.807, 2.05) is 18.7 Å². The molecule has 0 aromatic carbocycles. The zero-order chi connectivity index (χ0) is 13.7. The molecule has 3 N–H and O–H groups in total. The highest BCUT2D eigenvalue weighted by molar-refractivity contribution is 5.81. The van der Waals surface area contributed by atoms with Crippen LogP contribution in [0.2, 0.25) is 0 Å². The van der Waals surface area contributed by atoms with Crippen molar-refractivity contribution in [2.24, 2.45) is 23.5 Å². The Balaban J connectivity index is 2.52. The maximum Gasteiger partial charge on any atom is 0.227 e. The predicted molar refractivity (Wildman–Crippen MR) is 70.8 cm³/mol. The summed E-state index contributed by atoms with van der Waals surface area (Å²) in [5.74, 6) is 0.444. The summed E-state index contributed by atoms with van der Waals surface area (Å²) in [5.41, 5.74) is 5.67. The first-order valence-electron chi connectivity index (χ1n) is 6.71. The van der Waals surface area contributed by atoms with E-state index in [9.17, 15) is 9.59 Å². The van der Waals surface area contributed by atoms with Crippen LogP contribution in [-0.2, 0) is 9.59 Å². The first-order chi connectivity index (χ1) is 8.51. The third kappa shape index (κ3) is 3.45. The van der Waals surface area contributed by atoms with Crippen LogP contribution in [0, 0.1) is 17.8 Å². The molecule has 1 heterocycles. The summed E-state index contributed by atoms with van der Waals surface area (Å²) in [7, 11) is 1.66. The van der Waals surface area contributed by atoms with E-state index in [0.717, 1.165) is 12.8 Å². The van der Waals surface area contributed by atoms with Crippen molar-refractivity contribution in [1.82, 2.24) is 10.2 Å². The van der Waals surface area contributed by atoms with E-state index in [-0.39, 0.29) is 29.6 Å². The fourth-order valence-electron chi connectivity index (χ4n) is 2.46. The highest BCUT2D eigenvalue weighted by Gasteiger charge is 2.30. The standard InChI is InChI=1S/C13H25N3O2/c1-9(2)11(8-14)13(18)16-6-4-10(5-7-16)12(17)15-3/h9-11H,4-8,14H2,1-3H3,(H,15,17). The molecule has 2 amide bonds. The average molecular weight is 255 g/mol. The van der Waals surface area contributed by atoms with Crippen LogP contribution in [0.1, 0.15) is 26.7 Å². The number of piperidine rings is 1. The highest BCUT2D eigenvalue weighted by Crippen LogP contribution is 2.21. The van der Waals surface area contributed by atoms with Crippen molar-refractivity contribution in [3.8, 4) is 0 Å². The monoisotopic (exact) mass is 255 g/mol. The molecule has 1 atom stereocenters. The van der Waals surface area contributed by atoms with Crippen LogP contribution in [-0.4, -0.2) is 43.4 Å². The second kappa shape index (κ2) is 6.73.